The topological polar surface area (TPSA) is 65.0 Å². The number of ether oxygens (including phenoxy) is 3. The SMILES string of the molecule is COc1ccc2cc(C(C)C(=O)Oc3c(C)c(C)c4c(c3C)CCC(C)(CO)O4)ccc2c1. The van der Waals surface area contributed by atoms with Gasteiger partial charge in [0.2, 0.25) is 0 Å². The van der Waals surface area contributed by atoms with Gasteiger partial charge in [-0.25, -0.2) is 0 Å². The van der Waals surface area contributed by atoms with Crippen molar-refractivity contribution < 1.29 is 24.1 Å². The molecule has 1 aliphatic rings. The molecule has 0 aliphatic carbocycles. The van der Waals surface area contributed by atoms with Crippen molar-refractivity contribution in [3.8, 4) is 17.2 Å². The van der Waals surface area contributed by atoms with Crippen LogP contribution in [0.2, 0.25) is 0 Å². The Morgan fingerprint density at radius 1 is 1.09 bits per heavy atom. The smallest absolute Gasteiger partial charge is 0.318 e. The molecule has 4 rings (SSSR count). The van der Waals surface area contributed by atoms with Crippen LogP contribution in [0.5, 0.6) is 17.2 Å². The second kappa shape index (κ2) is 8.71. The van der Waals surface area contributed by atoms with Gasteiger partial charge in [0.1, 0.15) is 22.8 Å². The summed E-state index contributed by atoms with van der Waals surface area (Å²) in [5.41, 5.74) is 4.15. The zero-order chi connectivity index (χ0) is 23.9. The van der Waals surface area contributed by atoms with Crippen LogP contribution < -0.4 is 14.2 Å². The summed E-state index contributed by atoms with van der Waals surface area (Å²) in [7, 11) is 1.65. The molecule has 0 fully saturated rings. The van der Waals surface area contributed by atoms with E-state index in [2.05, 4.69) is 0 Å². The largest absolute Gasteiger partial charge is 0.497 e. The van der Waals surface area contributed by atoms with Gasteiger partial charge >= 0.3 is 5.97 Å². The van der Waals surface area contributed by atoms with E-state index in [4.69, 9.17) is 14.2 Å². The Balaban J connectivity index is 1.62. The van der Waals surface area contributed by atoms with E-state index in [0.29, 0.717) is 12.2 Å². The third-order valence-electron chi connectivity index (χ3n) is 7.03. The highest BCUT2D eigenvalue weighted by atomic mass is 16.5. The fourth-order valence-electron chi connectivity index (χ4n) is 4.51. The maximum atomic E-state index is 13.2. The number of esters is 1. The zero-order valence-electron chi connectivity index (χ0n) is 20.2. The van der Waals surface area contributed by atoms with Gasteiger partial charge in [0.15, 0.2) is 0 Å². The first kappa shape index (κ1) is 23.1. The highest BCUT2D eigenvalue weighted by Crippen LogP contribution is 2.44. The first-order valence-corrected chi connectivity index (χ1v) is 11.4. The van der Waals surface area contributed by atoms with Crippen LogP contribution in [-0.4, -0.2) is 30.4 Å². The predicted octanol–water partition coefficient (Wildman–Crippen LogP) is 5.56. The quantitative estimate of drug-likeness (QED) is 0.409. The average Bonchev–Trinajstić information content (AvgIpc) is 2.83. The van der Waals surface area contributed by atoms with E-state index < -0.39 is 11.5 Å². The normalized spacial score (nSPS) is 18.4. The molecule has 3 aromatic rings. The van der Waals surface area contributed by atoms with Crippen LogP contribution >= 0.6 is 0 Å². The molecule has 1 aliphatic heterocycles. The Kier molecular flexibility index (Phi) is 6.10. The van der Waals surface area contributed by atoms with Gasteiger partial charge in [-0.2, -0.15) is 0 Å². The van der Waals surface area contributed by atoms with Crippen molar-refractivity contribution >= 4 is 16.7 Å². The van der Waals surface area contributed by atoms with Gasteiger partial charge in [0, 0.05) is 5.56 Å². The monoisotopic (exact) mass is 448 g/mol. The van der Waals surface area contributed by atoms with Crippen LogP contribution in [0.3, 0.4) is 0 Å². The molecule has 0 bridgehead atoms. The summed E-state index contributed by atoms with van der Waals surface area (Å²) in [5, 5.41) is 11.9. The minimum absolute atomic E-state index is 0.0310. The van der Waals surface area contributed by atoms with Crippen molar-refractivity contribution in [3.05, 3.63) is 64.2 Å². The van der Waals surface area contributed by atoms with Gasteiger partial charge < -0.3 is 19.3 Å². The number of aliphatic hydroxyl groups excluding tert-OH is 1. The zero-order valence-corrected chi connectivity index (χ0v) is 20.2. The first-order valence-electron chi connectivity index (χ1n) is 11.4. The lowest BCUT2D eigenvalue weighted by molar-refractivity contribution is -0.135. The molecule has 2 unspecified atom stereocenters. The molecule has 5 heteroatoms. The van der Waals surface area contributed by atoms with Crippen LogP contribution in [0.25, 0.3) is 10.8 Å². The van der Waals surface area contributed by atoms with E-state index in [9.17, 15) is 9.90 Å². The lowest BCUT2D eigenvalue weighted by atomic mass is 9.87. The standard InChI is InChI=1S/C28H32O5/c1-16-17(2)26-24(11-12-28(5,15-29)33-26)19(4)25(16)32-27(30)18(3)20-7-8-22-14-23(31-6)10-9-21(22)13-20/h7-10,13-14,18,29H,11-12,15H2,1-6H3. The van der Waals surface area contributed by atoms with Crippen molar-refractivity contribution in [2.45, 2.75) is 59.0 Å². The second-order valence-electron chi connectivity index (χ2n) is 9.34. The molecule has 0 spiro atoms. The van der Waals surface area contributed by atoms with E-state index in [1.165, 1.54) is 0 Å². The minimum Gasteiger partial charge on any atom is -0.497 e. The van der Waals surface area contributed by atoms with Crippen LogP contribution in [0.15, 0.2) is 36.4 Å². The summed E-state index contributed by atoms with van der Waals surface area (Å²) in [4.78, 5) is 13.2. The highest BCUT2D eigenvalue weighted by molar-refractivity contribution is 5.87. The number of benzene rings is 3. The molecule has 5 nitrogen and oxygen atoms in total. The van der Waals surface area contributed by atoms with Crippen LogP contribution in [0.4, 0.5) is 0 Å². The third-order valence-corrected chi connectivity index (χ3v) is 7.03. The van der Waals surface area contributed by atoms with E-state index in [0.717, 1.165) is 56.5 Å². The van der Waals surface area contributed by atoms with E-state index in [1.807, 2.05) is 71.0 Å². The van der Waals surface area contributed by atoms with Gasteiger partial charge in [0.25, 0.3) is 0 Å². The average molecular weight is 449 g/mol. The second-order valence-corrected chi connectivity index (χ2v) is 9.34. The summed E-state index contributed by atoms with van der Waals surface area (Å²) in [6, 6.07) is 11.9. The summed E-state index contributed by atoms with van der Waals surface area (Å²) in [6.45, 7) is 9.68. The van der Waals surface area contributed by atoms with Gasteiger partial charge in [-0.1, -0.05) is 24.3 Å². The maximum absolute atomic E-state index is 13.2. The third kappa shape index (κ3) is 4.18. The van der Waals surface area contributed by atoms with Crippen LogP contribution in [-0.2, 0) is 11.2 Å². The highest BCUT2D eigenvalue weighted by Gasteiger charge is 2.34. The predicted molar refractivity (Wildman–Crippen MR) is 130 cm³/mol. The Morgan fingerprint density at radius 3 is 2.48 bits per heavy atom. The number of methoxy groups -OCH3 is 1. The number of fused-ring (bicyclic) bond motifs is 2. The first-order chi connectivity index (χ1) is 15.7. The van der Waals surface area contributed by atoms with Crippen LogP contribution in [0.1, 0.15) is 54.0 Å². The minimum atomic E-state index is -0.580. The molecule has 0 saturated heterocycles. The molecule has 0 amide bonds. The molecule has 1 heterocycles. The summed E-state index contributed by atoms with van der Waals surface area (Å²) in [5.74, 6) is 1.53. The Hall–Kier alpha value is -3.05. The maximum Gasteiger partial charge on any atom is 0.318 e. The number of rotatable bonds is 5. The lowest BCUT2D eigenvalue weighted by Crippen LogP contribution is -2.40. The summed E-state index contributed by atoms with van der Waals surface area (Å²) < 4.78 is 17.5. The van der Waals surface area contributed by atoms with Crippen LogP contribution in [0, 0.1) is 20.8 Å². The molecule has 174 valence electrons. The molecule has 2 atom stereocenters. The van der Waals surface area contributed by atoms with Crippen molar-refractivity contribution in [1.29, 1.82) is 0 Å². The molecule has 0 radical (unpaired) electrons. The van der Waals surface area contributed by atoms with E-state index in [-0.39, 0.29) is 12.6 Å². The molecule has 33 heavy (non-hydrogen) atoms. The number of hydrogen-bond acceptors (Lipinski definition) is 5. The number of aliphatic hydroxyl groups is 1. The van der Waals surface area contributed by atoms with Gasteiger partial charge in [-0.05, 0) is 92.6 Å². The Morgan fingerprint density at radius 2 is 1.79 bits per heavy atom. The summed E-state index contributed by atoms with van der Waals surface area (Å²) >= 11 is 0. The molecule has 0 aromatic heterocycles. The van der Waals surface area contributed by atoms with E-state index >= 15 is 0 Å². The molecule has 1 N–H and O–H groups in total. The lowest BCUT2D eigenvalue weighted by Gasteiger charge is -2.36. The molecular formula is C28H32O5. The summed E-state index contributed by atoms with van der Waals surface area (Å²) in [6.07, 6.45) is 1.49. The van der Waals surface area contributed by atoms with E-state index in [1.54, 1.807) is 7.11 Å². The van der Waals surface area contributed by atoms with Gasteiger partial charge in [-0.15, -0.1) is 0 Å². The number of hydrogen-bond donors (Lipinski definition) is 1. The van der Waals surface area contributed by atoms with Gasteiger partial charge in [0.05, 0.1) is 19.6 Å². The van der Waals surface area contributed by atoms with Crippen molar-refractivity contribution in [2.75, 3.05) is 13.7 Å². The van der Waals surface area contributed by atoms with Crippen molar-refractivity contribution in [3.63, 3.8) is 0 Å². The Labute approximate surface area is 195 Å². The van der Waals surface area contributed by atoms with Crippen molar-refractivity contribution in [1.82, 2.24) is 0 Å². The number of carbonyl (C=O) groups excluding carboxylic acids is 1. The fourth-order valence-corrected chi connectivity index (χ4v) is 4.51. The molecule has 0 saturated carbocycles. The van der Waals surface area contributed by atoms with Crippen molar-refractivity contribution in [2.24, 2.45) is 0 Å². The molecule has 3 aromatic carbocycles. The number of carbonyl (C=O) groups is 1. The Bertz CT molecular complexity index is 1230. The van der Waals surface area contributed by atoms with Gasteiger partial charge in [-0.3, -0.25) is 4.79 Å². The molecular weight excluding hydrogens is 416 g/mol. The fraction of sp³-hybridized carbons (Fsp3) is 0.393.